The molecule has 0 bridgehead atoms. The van der Waals surface area contributed by atoms with Crippen LogP contribution in [0.4, 0.5) is 0 Å². The average Bonchev–Trinajstić information content (AvgIpc) is 2.72. The monoisotopic (exact) mass is 310 g/mol. The average molecular weight is 310 g/mol. The lowest BCUT2D eigenvalue weighted by Crippen LogP contribution is -2.41. The molecule has 1 aromatic rings. The molecule has 5 nitrogen and oxygen atoms in total. The summed E-state index contributed by atoms with van der Waals surface area (Å²) in [5, 5.41) is 17.9. The molecule has 1 saturated heterocycles. The van der Waals surface area contributed by atoms with Gasteiger partial charge in [-0.3, -0.25) is 0 Å². The van der Waals surface area contributed by atoms with Crippen LogP contribution >= 0.6 is 0 Å². The van der Waals surface area contributed by atoms with Gasteiger partial charge in [0, 0.05) is 5.56 Å². The van der Waals surface area contributed by atoms with Gasteiger partial charge in [-0.2, -0.15) is 10.5 Å². The molecule has 0 amide bonds. The molecule has 0 aliphatic carbocycles. The van der Waals surface area contributed by atoms with Crippen molar-refractivity contribution in [3.8, 4) is 17.9 Å². The van der Waals surface area contributed by atoms with Gasteiger partial charge in [0.25, 0.3) is 0 Å². The molecule has 1 aliphatic rings. The first kappa shape index (κ1) is 17.1. The molecule has 1 aliphatic heterocycles. The molecule has 0 unspecified atom stereocenters. The molecule has 0 atom stereocenters. The highest BCUT2D eigenvalue weighted by atomic mass is 16.7. The van der Waals surface area contributed by atoms with Crippen LogP contribution in [0.5, 0.6) is 5.75 Å². The van der Waals surface area contributed by atoms with E-state index in [4.69, 9.17) is 24.6 Å². The summed E-state index contributed by atoms with van der Waals surface area (Å²) in [6, 6.07) is 9.15. The second kappa shape index (κ2) is 6.08. The minimum atomic E-state index is -0.509. The molecular weight excluding hydrogens is 291 g/mol. The summed E-state index contributed by atoms with van der Waals surface area (Å²) in [4.78, 5) is 0. The molecule has 1 fully saturated rings. The Kier molecular flexibility index (Phi) is 4.52. The van der Waals surface area contributed by atoms with Crippen molar-refractivity contribution in [3.05, 3.63) is 29.3 Å². The van der Waals surface area contributed by atoms with Crippen LogP contribution < -0.4 is 10.2 Å². The van der Waals surface area contributed by atoms with Gasteiger partial charge in [0.15, 0.2) is 0 Å². The summed E-state index contributed by atoms with van der Waals surface area (Å²) in [6.07, 6.45) is 1.49. The van der Waals surface area contributed by atoms with Crippen molar-refractivity contribution < 1.29 is 14.0 Å². The van der Waals surface area contributed by atoms with E-state index < -0.39 is 18.3 Å². The van der Waals surface area contributed by atoms with Crippen LogP contribution in [0.1, 0.15) is 33.3 Å². The van der Waals surface area contributed by atoms with Crippen molar-refractivity contribution in [2.45, 2.75) is 38.9 Å². The summed E-state index contributed by atoms with van der Waals surface area (Å²) in [5.41, 5.74) is 0.592. The van der Waals surface area contributed by atoms with Crippen molar-refractivity contribution in [1.29, 1.82) is 10.5 Å². The number of nitriles is 2. The second-order valence-electron chi connectivity index (χ2n) is 6.37. The maximum Gasteiger partial charge on any atom is 0.494 e. The Hall–Kier alpha value is -2.28. The van der Waals surface area contributed by atoms with Crippen LogP contribution in [-0.4, -0.2) is 25.4 Å². The smallest absolute Gasteiger partial charge is 0.494 e. The Bertz CT molecular complexity index is 694. The van der Waals surface area contributed by atoms with Crippen molar-refractivity contribution in [2.75, 3.05) is 7.11 Å². The lowest BCUT2D eigenvalue weighted by Gasteiger charge is -2.32. The number of nitrogens with zero attached hydrogens (tertiary/aromatic N) is 2. The first-order valence-corrected chi connectivity index (χ1v) is 7.29. The Morgan fingerprint density at radius 1 is 1.13 bits per heavy atom. The fourth-order valence-electron chi connectivity index (χ4n) is 2.24. The highest BCUT2D eigenvalue weighted by molar-refractivity contribution is 6.62. The van der Waals surface area contributed by atoms with Crippen LogP contribution in [0, 0.1) is 22.7 Å². The maximum absolute atomic E-state index is 8.94. The third kappa shape index (κ3) is 3.24. The molecule has 0 aromatic heterocycles. The summed E-state index contributed by atoms with van der Waals surface area (Å²) >= 11 is 0. The molecule has 0 N–H and O–H groups in total. The standard InChI is InChI=1S/C17H19BN2O3/c1-16(2)17(3,4)23-18(22-16)14-6-7-15(21-5)13(9-14)8-12(10-19)11-20/h6-9H,1-5H3. The Balaban J connectivity index is 2.42. The van der Waals surface area contributed by atoms with Crippen LogP contribution in [-0.2, 0) is 9.31 Å². The zero-order valence-electron chi connectivity index (χ0n) is 14.0. The summed E-state index contributed by atoms with van der Waals surface area (Å²) < 4.78 is 17.3. The third-order valence-electron chi connectivity index (χ3n) is 4.32. The van der Waals surface area contributed by atoms with Gasteiger partial charge in [0.2, 0.25) is 0 Å². The molecule has 23 heavy (non-hydrogen) atoms. The van der Waals surface area contributed by atoms with E-state index in [1.54, 1.807) is 13.2 Å². The van der Waals surface area contributed by atoms with Crippen LogP contribution in [0.25, 0.3) is 6.08 Å². The zero-order valence-corrected chi connectivity index (χ0v) is 14.0. The quantitative estimate of drug-likeness (QED) is 0.633. The zero-order chi connectivity index (χ0) is 17.3. The van der Waals surface area contributed by atoms with E-state index in [2.05, 4.69) is 0 Å². The lowest BCUT2D eigenvalue weighted by molar-refractivity contribution is 0.00578. The molecule has 0 spiro atoms. The largest absolute Gasteiger partial charge is 0.496 e. The molecule has 2 rings (SSSR count). The van der Waals surface area contributed by atoms with Gasteiger partial charge in [-0.25, -0.2) is 0 Å². The highest BCUT2D eigenvalue weighted by Crippen LogP contribution is 2.36. The number of hydrogen-bond acceptors (Lipinski definition) is 5. The normalized spacial score (nSPS) is 18.0. The van der Waals surface area contributed by atoms with E-state index in [1.165, 1.54) is 6.08 Å². The predicted molar refractivity (Wildman–Crippen MR) is 87.9 cm³/mol. The van der Waals surface area contributed by atoms with Gasteiger partial charge in [0.05, 0.1) is 18.3 Å². The third-order valence-corrected chi connectivity index (χ3v) is 4.32. The van der Waals surface area contributed by atoms with Crippen molar-refractivity contribution >= 4 is 18.7 Å². The minimum absolute atomic E-state index is 0.00867. The topological polar surface area (TPSA) is 75.3 Å². The Morgan fingerprint density at radius 2 is 1.70 bits per heavy atom. The lowest BCUT2D eigenvalue weighted by atomic mass is 9.78. The summed E-state index contributed by atoms with van der Waals surface area (Å²) in [6.45, 7) is 7.95. The first-order valence-electron chi connectivity index (χ1n) is 7.29. The van der Waals surface area contributed by atoms with Gasteiger partial charge in [-0.05, 0) is 45.3 Å². The van der Waals surface area contributed by atoms with Crippen LogP contribution in [0.3, 0.4) is 0 Å². The predicted octanol–water partition coefficient (Wildman–Crippen LogP) is 2.42. The van der Waals surface area contributed by atoms with Gasteiger partial charge >= 0.3 is 7.12 Å². The number of methoxy groups -OCH3 is 1. The van der Waals surface area contributed by atoms with E-state index in [0.29, 0.717) is 11.3 Å². The van der Waals surface area contributed by atoms with Gasteiger partial charge in [0.1, 0.15) is 23.5 Å². The molecule has 6 heteroatoms. The van der Waals surface area contributed by atoms with E-state index in [1.807, 2.05) is 52.0 Å². The summed E-state index contributed by atoms with van der Waals surface area (Å²) in [7, 11) is 1.03. The van der Waals surface area contributed by atoms with Crippen molar-refractivity contribution in [3.63, 3.8) is 0 Å². The molecular formula is C17H19BN2O3. The van der Waals surface area contributed by atoms with E-state index in [-0.39, 0.29) is 5.57 Å². The highest BCUT2D eigenvalue weighted by Gasteiger charge is 2.51. The Morgan fingerprint density at radius 3 is 2.17 bits per heavy atom. The molecule has 1 aromatic carbocycles. The molecule has 1 heterocycles. The fourth-order valence-corrected chi connectivity index (χ4v) is 2.24. The SMILES string of the molecule is COc1ccc(B2OC(C)(C)C(C)(C)O2)cc1C=C(C#N)C#N. The number of allylic oxidation sites excluding steroid dienone is 1. The molecule has 0 saturated carbocycles. The Labute approximate surface area is 137 Å². The van der Waals surface area contributed by atoms with E-state index in [9.17, 15) is 0 Å². The number of ether oxygens (including phenoxy) is 1. The molecule has 0 radical (unpaired) electrons. The maximum atomic E-state index is 8.94. The number of rotatable bonds is 3. The van der Waals surface area contributed by atoms with Crippen molar-refractivity contribution in [2.24, 2.45) is 0 Å². The van der Waals surface area contributed by atoms with Gasteiger partial charge < -0.3 is 14.0 Å². The second-order valence-corrected chi connectivity index (χ2v) is 6.37. The fraction of sp³-hybridized carbons (Fsp3) is 0.412. The summed E-state index contributed by atoms with van der Waals surface area (Å²) in [5.74, 6) is 0.577. The molecule has 118 valence electrons. The first-order chi connectivity index (χ1) is 10.7. The number of hydrogen-bond donors (Lipinski definition) is 0. The van der Waals surface area contributed by atoms with Gasteiger partial charge in [-0.15, -0.1) is 0 Å². The van der Waals surface area contributed by atoms with Crippen molar-refractivity contribution in [1.82, 2.24) is 0 Å². The minimum Gasteiger partial charge on any atom is -0.496 e. The van der Waals surface area contributed by atoms with E-state index in [0.717, 1.165) is 5.46 Å². The van der Waals surface area contributed by atoms with E-state index >= 15 is 0 Å². The number of benzene rings is 1. The van der Waals surface area contributed by atoms with Gasteiger partial charge in [-0.1, -0.05) is 12.1 Å². The van der Waals surface area contributed by atoms with Crippen LogP contribution in [0.15, 0.2) is 23.8 Å². The van der Waals surface area contributed by atoms with Crippen LogP contribution in [0.2, 0.25) is 0 Å².